The van der Waals surface area contributed by atoms with Crippen LogP contribution in [0.2, 0.25) is 0 Å². The maximum atomic E-state index is 9.57. The third-order valence-electron chi connectivity index (χ3n) is 2.29. The second-order valence-electron chi connectivity index (χ2n) is 3.18. The van der Waals surface area contributed by atoms with Crippen LogP contribution in [0, 0.1) is 6.92 Å². The van der Waals surface area contributed by atoms with Crippen molar-refractivity contribution in [3.05, 3.63) is 21.9 Å². The molecule has 2 atom stereocenters. The molecule has 0 radical (unpaired) electrons. The van der Waals surface area contributed by atoms with Crippen molar-refractivity contribution in [1.82, 2.24) is 0 Å². The summed E-state index contributed by atoms with van der Waals surface area (Å²) in [5.74, 6) is 0.213. The second kappa shape index (κ2) is 3.17. The molecule has 0 saturated carbocycles. The second-order valence-corrected chi connectivity index (χ2v) is 4.13. The summed E-state index contributed by atoms with van der Waals surface area (Å²) in [6, 6.07) is 2.09. The first-order valence-corrected chi connectivity index (χ1v) is 4.97. The summed E-state index contributed by atoms with van der Waals surface area (Å²) in [4.78, 5) is 1.28. The lowest BCUT2D eigenvalue weighted by Crippen LogP contribution is -2.15. The highest BCUT2D eigenvalue weighted by atomic mass is 32.1. The quantitative estimate of drug-likeness (QED) is 0.717. The molecule has 1 N–H and O–H groups in total. The van der Waals surface area contributed by atoms with E-state index in [1.54, 1.807) is 11.3 Å². The Balaban J connectivity index is 2.24. The zero-order chi connectivity index (χ0) is 8.55. The van der Waals surface area contributed by atoms with Gasteiger partial charge in [0, 0.05) is 10.8 Å². The van der Waals surface area contributed by atoms with Crippen molar-refractivity contribution in [2.45, 2.75) is 18.9 Å². The minimum atomic E-state index is -0.303. The lowest BCUT2D eigenvalue weighted by Gasteiger charge is -2.10. The summed E-state index contributed by atoms with van der Waals surface area (Å²) in [6.07, 6.45) is -0.303. The van der Waals surface area contributed by atoms with Crippen LogP contribution in [-0.2, 0) is 4.74 Å². The molecule has 1 aromatic rings. The Hall–Kier alpha value is -0.380. The van der Waals surface area contributed by atoms with Crippen LogP contribution in [0.3, 0.4) is 0 Å². The van der Waals surface area contributed by atoms with E-state index in [-0.39, 0.29) is 12.0 Å². The Morgan fingerprint density at radius 2 is 2.42 bits per heavy atom. The van der Waals surface area contributed by atoms with E-state index >= 15 is 0 Å². The number of hydrogen-bond donors (Lipinski definition) is 1. The van der Waals surface area contributed by atoms with Gasteiger partial charge in [-0.25, -0.2) is 0 Å². The van der Waals surface area contributed by atoms with Crippen LogP contribution in [0.5, 0.6) is 0 Å². The van der Waals surface area contributed by atoms with Gasteiger partial charge in [0.05, 0.1) is 19.3 Å². The standard InChI is InChI=1S/C9H12O2S/c1-6-2-3-12-9(6)7-4-11-5-8(7)10/h2-3,7-8,10H,4-5H2,1H3/t7-,8-/m1/s1. The van der Waals surface area contributed by atoms with E-state index < -0.39 is 0 Å². The summed E-state index contributed by atoms with van der Waals surface area (Å²) in [5, 5.41) is 11.6. The highest BCUT2D eigenvalue weighted by Crippen LogP contribution is 2.31. The van der Waals surface area contributed by atoms with E-state index in [9.17, 15) is 5.11 Å². The van der Waals surface area contributed by atoms with Gasteiger partial charge in [-0.15, -0.1) is 11.3 Å². The number of aliphatic hydroxyl groups is 1. The van der Waals surface area contributed by atoms with E-state index in [1.165, 1.54) is 10.4 Å². The Labute approximate surface area is 75.8 Å². The maximum absolute atomic E-state index is 9.57. The Morgan fingerprint density at radius 1 is 1.58 bits per heavy atom. The van der Waals surface area contributed by atoms with Crippen molar-refractivity contribution in [1.29, 1.82) is 0 Å². The number of aryl methyl sites for hydroxylation is 1. The van der Waals surface area contributed by atoms with Crippen molar-refractivity contribution in [2.75, 3.05) is 13.2 Å². The number of hydrogen-bond acceptors (Lipinski definition) is 3. The van der Waals surface area contributed by atoms with Gasteiger partial charge in [-0.1, -0.05) is 0 Å². The average molecular weight is 184 g/mol. The molecule has 2 nitrogen and oxygen atoms in total. The number of thiophene rings is 1. The van der Waals surface area contributed by atoms with Crippen LogP contribution in [0.1, 0.15) is 16.4 Å². The zero-order valence-electron chi connectivity index (χ0n) is 6.99. The molecule has 0 aliphatic carbocycles. The molecule has 3 heteroatoms. The maximum Gasteiger partial charge on any atom is 0.0872 e. The summed E-state index contributed by atoms with van der Waals surface area (Å²) in [6.45, 7) is 3.24. The average Bonchev–Trinajstić information content (AvgIpc) is 2.59. The molecule has 1 aromatic heterocycles. The molecule has 66 valence electrons. The lowest BCUT2D eigenvalue weighted by atomic mass is 10.0. The molecular weight excluding hydrogens is 172 g/mol. The van der Waals surface area contributed by atoms with E-state index in [4.69, 9.17) is 4.74 Å². The monoisotopic (exact) mass is 184 g/mol. The highest BCUT2D eigenvalue weighted by molar-refractivity contribution is 7.10. The third-order valence-corrected chi connectivity index (χ3v) is 3.44. The SMILES string of the molecule is Cc1ccsc1[C@@H]1COC[C@H]1O. The Kier molecular flexibility index (Phi) is 2.17. The van der Waals surface area contributed by atoms with Crippen LogP contribution >= 0.6 is 11.3 Å². The van der Waals surface area contributed by atoms with Crippen molar-refractivity contribution in [2.24, 2.45) is 0 Å². The van der Waals surface area contributed by atoms with Crippen LogP contribution in [-0.4, -0.2) is 24.4 Å². The molecule has 1 aliphatic rings. The number of ether oxygens (including phenoxy) is 1. The van der Waals surface area contributed by atoms with E-state index in [0.29, 0.717) is 13.2 Å². The van der Waals surface area contributed by atoms with Crippen LogP contribution in [0.15, 0.2) is 11.4 Å². The first-order valence-electron chi connectivity index (χ1n) is 4.09. The number of rotatable bonds is 1. The molecule has 0 bridgehead atoms. The molecule has 0 spiro atoms. The van der Waals surface area contributed by atoms with Gasteiger partial charge < -0.3 is 9.84 Å². The van der Waals surface area contributed by atoms with Crippen LogP contribution in [0.4, 0.5) is 0 Å². The van der Waals surface area contributed by atoms with E-state index in [2.05, 4.69) is 18.4 Å². The fourth-order valence-electron chi connectivity index (χ4n) is 1.56. The van der Waals surface area contributed by atoms with Gasteiger partial charge >= 0.3 is 0 Å². The number of aliphatic hydroxyl groups excluding tert-OH is 1. The van der Waals surface area contributed by atoms with Gasteiger partial charge in [0.25, 0.3) is 0 Å². The normalized spacial score (nSPS) is 29.5. The molecule has 0 aromatic carbocycles. The molecule has 2 rings (SSSR count). The first kappa shape index (κ1) is 8.23. The summed E-state index contributed by atoms with van der Waals surface area (Å²) in [7, 11) is 0. The summed E-state index contributed by atoms with van der Waals surface area (Å²) < 4.78 is 5.20. The van der Waals surface area contributed by atoms with Crippen LogP contribution in [0.25, 0.3) is 0 Å². The molecule has 12 heavy (non-hydrogen) atoms. The summed E-state index contributed by atoms with van der Waals surface area (Å²) in [5.41, 5.74) is 1.27. The highest BCUT2D eigenvalue weighted by Gasteiger charge is 2.29. The molecule has 0 unspecified atom stereocenters. The zero-order valence-corrected chi connectivity index (χ0v) is 7.80. The first-order chi connectivity index (χ1) is 5.79. The topological polar surface area (TPSA) is 29.5 Å². The molecule has 1 fully saturated rings. The van der Waals surface area contributed by atoms with E-state index in [0.717, 1.165) is 0 Å². The fraction of sp³-hybridized carbons (Fsp3) is 0.556. The van der Waals surface area contributed by atoms with Crippen molar-refractivity contribution >= 4 is 11.3 Å². The lowest BCUT2D eigenvalue weighted by molar-refractivity contribution is 0.125. The molecule has 1 aliphatic heterocycles. The fourth-order valence-corrected chi connectivity index (χ4v) is 2.63. The minimum Gasteiger partial charge on any atom is -0.390 e. The minimum absolute atomic E-state index is 0.213. The smallest absolute Gasteiger partial charge is 0.0872 e. The van der Waals surface area contributed by atoms with E-state index in [1.807, 2.05) is 0 Å². The largest absolute Gasteiger partial charge is 0.390 e. The van der Waals surface area contributed by atoms with Gasteiger partial charge in [-0.05, 0) is 23.9 Å². The molecule has 2 heterocycles. The predicted molar refractivity (Wildman–Crippen MR) is 48.6 cm³/mol. The summed E-state index contributed by atoms with van der Waals surface area (Å²) >= 11 is 1.71. The Morgan fingerprint density at radius 3 is 2.92 bits per heavy atom. The van der Waals surface area contributed by atoms with Gasteiger partial charge in [0.15, 0.2) is 0 Å². The van der Waals surface area contributed by atoms with Crippen LogP contribution < -0.4 is 0 Å². The van der Waals surface area contributed by atoms with Gasteiger partial charge in [-0.3, -0.25) is 0 Å². The van der Waals surface area contributed by atoms with Crippen molar-refractivity contribution in [3.8, 4) is 0 Å². The molecular formula is C9H12O2S. The van der Waals surface area contributed by atoms with Gasteiger partial charge in [0.1, 0.15) is 0 Å². The molecule has 1 saturated heterocycles. The van der Waals surface area contributed by atoms with Crippen molar-refractivity contribution in [3.63, 3.8) is 0 Å². The van der Waals surface area contributed by atoms with Gasteiger partial charge in [-0.2, -0.15) is 0 Å². The predicted octanol–water partition coefficient (Wildman–Crippen LogP) is 1.53. The third kappa shape index (κ3) is 1.28. The van der Waals surface area contributed by atoms with Gasteiger partial charge in [0.2, 0.25) is 0 Å². The Bertz CT molecular complexity index is 269. The van der Waals surface area contributed by atoms with Crippen molar-refractivity contribution < 1.29 is 9.84 Å². The molecule has 0 amide bonds.